The van der Waals surface area contributed by atoms with Gasteiger partial charge >= 0.3 is 0 Å². The van der Waals surface area contributed by atoms with E-state index in [1.807, 2.05) is 0 Å². The quantitative estimate of drug-likeness (QED) is 0.668. The van der Waals surface area contributed by atoms with Gasteiger partial charge in [0, 0.05) is 12.4 Å². The van der Waals surface area contributed by atoms with Crippen LogP contribution in [0.3, 0.4) is 0 Å². The molecule has 2 aromatic rings. The van der Waals surface area contributed by atoms with Gasteiger partial charge < -0.3 is 10.6 Å². The van der Waals surface area contributed by atoms with Crippen molar-refractivity contribution in [1.82, 2.24) is 35.8 Å². The van der Waals surface area contributed by atoms with Crippen molar-refractivity contribution in [3.63, 3.8) is 0 Å². The minimum absolute atomic E-state index is 0.0973. The number of likely N-dealkylation sites (N-methyl/N-ethyl adjacent to an activating group) is 1. The van der Waals surface area contributed by atoms with Crippen LogP contribution in [0, 0.1) is 0 Å². The number of hydrogen-bond donors (Lipinski definition) is 3. The van der Waals surface area contributed by atoms with Gasteiger partial charge in [-0.15, -0.1) is 0 Å². The monoisotopic (exact) mass is 261 g/mol. The van der Waals surface area contributed by atoms with Gasteiger partial charge in [0.1, 0.15) is 11.5 Å². The summed E-state index contributed by atoms with van der Waals surface area (Å²) in [7, 11) is 1.73. The summed E-state index contributed by atoms with van der Waals surface area (Å²) >= 11 is 0. The van der Waals surface area contributed by atoms with Gasteiger partial charge in [0.2, 0.25) is 11.7 Å². The summed E-state index contributed by atoms with van der Waals surface area (Å²) in [6, 6.07) is -0.248. The lowest BCUT2D eigenvalue weighted by Gasteiger charge is -2.09. The molecule has 19 heavy (non-hydrogen) atoms. The number of hydrogen-bond acceptors (Lipinski definition) is 6. The zero-order chi connectivity index (χ0) is 13.7. The third-order valence-electron chi connectivity index (χ3n) is 2.58. The summed E-state index contributed by atoms with van der Waals surface area (Å²) in [5.41, 5.74) is 0.583. The molecule has 0 aliphatic heterocycles. The zero-order valence-electron chi connectivity index (χ0n) is 10.7. The van der Waals surface area contributed by atoms with E-state index >= 15 is 0 Å². The maximum atomic E-state index is 11.6. The fraction of sp³-hybridized carbons (Fsp3) is 0.364. The average molecular weight is 261 g/mol. The van der Waals surface area contributed by atoms with Gasteiger partial charge in [-0.1, -0.05) is 0 Å². The number of nitrogens with zero attached hydrogens (tertiary/aromatic N) is 4. The molecule has 8 heteroatoms. The molecule has 0 aliphatic rings. The Hall–Kier alpha value is -2.35. The Morgan fingerprint density at radius 1 is 1.47 bits per heavy atom. The first-order valence-electron chi connectivity index (χ1n) is 5.83. The molecule has 0 aromatic carbocycles. The van der Waals surface area contributed by atoms with Crippen molar-refractivity contribution in [3.8, 4) is 11.5 Å². The summed E-state index contributed by atoms with van der Waals surface area (Å²) < 4.78 is 0. The average Bonchev–Trinajstić information content (AvgIpc) is 2.93. The fourth-order valence-electron chi connectivity index (χ4n) is 1.36. The molecule has 3 N–H and O–H groups in total. The molecular formula is C11H15N7O. The van der Waals surface area contributed by atoms with Crippen LogP contribution in [0.5, 0.6) is 0 Å². The number of amides is 1. The summed E-state index contributed by atoms with van der Waals surface area (Å²) in [6.45, 7) is 2.07. The van der Waals surface area contributed by atoms with E-state index < -0.39 is 0 Å². The van der Waals surface area contributed by atoms with E-state index in [0.29, 0.717) is 17.3 Å². The van der Waals surface area contributed by atoms with Crippen LogP contribution in [0.1, 0.15) is 12.7 Å². The molecular weight excluding hydrogens is 246 g/mol. The van der Waals surface area contributed by atoms with Crippen molar-refractivity contribution >= 4 is 5.91 Å². The summed E-state index contributed by atoms with van der Waals surface area (Å²) in [4.78, 5) is 23.8. The van der Waals surface area contributed by atoms with Crippen LogP contribution in [0.2, 0.25) is 0 Å². The largest absolute Gasteiger partial charge is 0.347 e. The predicted molar refractivity (Wildman–Crippen MR) is 67.8 cm³/mol. The Kier molecular flexibility index (Phi) is 4.14. The van der Waals surface area contributed by atoms with Crippen LogP contribution in [0.25, 0.3) is 11.5 Å². The molecule has 0 unspecified atom stereocenters. The summed E-state index contributed by atoms with van der Waals surface area (Å²) in [6.07, 6.45) is 4.73. The number of aromatic amines is 1. The first-order chi connectivity index (χ1) is 9.20. The van der Waals surface area contributed by atoms with Crippen LogP contribution in [-0.2, 0) is 11.3 Å². The van der Waals surface area contributed by atoms with Gasteiger partial charge in [-0.3, -0.25) is 14.9 Å². The highest BCUT2D eigenvalue weighted by molar-refractivity contribution is 5.81. The third-order valence-corrected chi connectivity index (χ3v) is 2.58. The lowest BCUT2D eigenvalue weighted by Crippen LogP contribution is -2.40. The minimum atomic E-state index is -0.248. The van der Waals surface area contributed by atoms with Gasteiger partial charge in [-0.25, -0.2) is 9.97 Å². The predicted octanol–water partition coefficient (Wildman–Crippen LogP) is -0.514. The van der Waals surface area contributed by atoms with E-state index in [1.165, 1.54) is 0 Å². The maximum Gasteiger partial charge on any atom is 0.237 e. The molecule has 0 saturated carbocycles. The first-order valence-corrected chi connectivity index (χ1v) is 5.83. The van der Waals surface area contributed by atoms with Gasteiger partial charge in [0.05, 0.1) is 18.8 Å². The number of carbonyl (C=O) groups excluding carboxylic acids is 1. The number of nitrogens with one attached hydrogen (secondary N) is 3. The van der Waals surface area contributed by atoms with Crippen molar-refractivity contribution in [1.29, 1.82) is 0 Å². The first kappa shape index (κ1) is 13.1. The highest BCUT2D eigenvalue weighted by atomic mass is 16.2. The van der Waals surface area contributed by atoms with Crippen molar-refractivity contribution in [2.24, 2.45) is 0 Å². The van der Waals surface area contributed by atoms with Crippen LogP contribution in [0.15, 0.2) is 18.6 Å². The Morgan fingerprint density at radius 2 is 2.32 bits per heavy atom. The molecule has 1 atom stereocenters. The second-order valence-corrected chi connectivity index (χ2v) is 3.92. The molecule has 2 heterocycles. The molecule has 100 valence electrons. The molecule has 0 saturated heterocycles. The van der Waals surface area contributed by atoms with Crippen LogP contribution < -0.4 is 10.6 Å². The maximum absolute atomic E-state index is 11.6. The van der Waals surface area contributed by atoms with Gasteiger partial charge in [0.25, 0.3) is 0 Å². The molecule has 8 nitrogen and oxygen atoms in total. The normalized spacial score (nSPS) is 12.1. The molecule has 0 fully saturated rings. The molecule has 0 bridgehead atoms. The van der Waals surface area contributed by atoms with E-state index in [0.717, 1.165) is 0 Å². The highest BCUT2D eigenvalue weighted by Gasteiger charge is 2.11. The molecule has 2 aromatic heterocycles. The van der Waals surface area contributed by atoms with Crippen molar-refractivity contribution in [2.45, 2.75) is 19.5 Å². The fourth-order valence-corrected chi connectivity index (χ4v) is 1.36. The van der Waals surface area contributed by atoms with Crippen molar-refractivity contribution in [2.75, 3.05) is 7.05 Å². The van der Waals surface area contributed by atoms with Gasteiger partial charge in [-0.05, 0) is 14.0 Å². The topological polar surface area (TPSA) is 108 Å². The minimum Gasteiger partial charge on any atom is -0.347 e. The van der Waals surface area contributed by atoms with Crippen LogP contribution >= 0.6 is 0 Å². The van der Waals surface area contributed by atoms with Crippen LogP contribution in [0.4, 0.5) is 0 Å². The molecule has 0 aliphatic carbocycles. The van der Waals surface area contributed by atoms with Crippen LogP contribution in [-0.4, -0.2) is 44.1 Å². The number of H-pyrrole nitrogens is 1. The van der Waals surface area contributed by atoms with Gasteiger partial charge in [-0.2, -0.15) is 5.10 Å². The molecule has 2 rings (SSSR count). The van der Waals surface area contributed by atoms with E-state index in [2.05, 4.69) is 35.8 Å². The number of carbonyl (C=O) groups is 1. The SMILES string of the molecule is CN[C@@H](C)C(=O)NCc1nc(-c2cnccn2)n[nH]1. The lowest BCUT2D eigenvalue weighted by atomic mass is 10.3. The van der Waals surface area contributed by atoms with E-state index in [4.69, 9.17) is 0 Å². The Labute approximate surface area is 110 Å². The third kappa shape index (κ3) is 3.32. The lowest BCUT2D eigenvalue weighted by molar-refractivity contribution is -0.122. The smallest absolute Gasteiger partial charge is 0.237 e. The zero-order valence-corrected chi connectivity index (χ0v) is 10.7. The van der Waals surface area contributed by atoms with E-state index in [9.17, 15) is 4.79 Å². The van der Waals surface area contributed by atoms with Crippen molar-refractivity contribution in [3.05, 3.63) is 24.4 Å². The second-order valence-electron chi connectivity index (χ2n) is 3.92. The van der Waals surface area contributed by atoms with E-state index in [1.54, 1.807) is 32.6 Å². The van der Waals surface area contributed by atoms with Crippen molar-refractivity contribution < 1.29 is 4.79 Å². The number of rotatable bonds is 5. The molecule has 0 radical (unpaired) electrons. The number of aromatic nitrogens is 5. The Bertz CT molecular complexity index is 539. The summed E-state index contributed by atoms with van der Waals surface area (Å²) in [5.74, 6) is 0.927. The highest BCUT2D eigenvalue weighted by Crippen LogP contribution is 2.08. The standard InChI is InChI=1S/C11H15N7O/c1-7(12-2)11(19)15-6-9-16-10(18-17-9)8-5-13-3-4-14-8/h3-5,7,12H,6H2,1-2H3,(H,15,19)(H,16,17,18)/t7-/m0/s1. The molecule has 1 amide bonds. The van der Waals surface area contributed by atoms with E-state index in [-0.39, 0.29) is 18.5 Å². The summed E-state index contributed by atoms with van der Waals surface area (Å²) in [5, 5.41) is 12.4. The second kappa shape index (κ2) is 6.01. The van der Waals surface area contributed by atoms with Gasteiger partial charge in [0.15, 0.2) is 0 Å². The Morgan fingerprint density at radius 3 is 3.00 bits per heavy atom. The Balaban J connectivity index is 1.97. The molecule has 0 spiro atoms.